The van der Waals surface area contributed by atoms with E-state index in [1.165, 1.54) is 42.3 Å². The fourth-order valence-electron chi connectivity index (χ4n) is 3.66. The van der Waals surface area contributed by atoms with Crippen LogP contribution in [-0.4, -0.2) is 6.54 Å². The molecule has 2 heteroatoms. The van der Waals surface area contributed by atoms with Crippen LogP contribution in [0.3, 0.4) is 0 Å². The van der Waals surface area contributed by atoms with Crippen LogP contribution in [0, 0.1) is 17.8 Å². The maximum atomic E-state index is 3.64. The molecule has 1 aromatic rings. The molecule has 0 amide bonds. The Hall–Kier alpha value is -0.340. The standard InChI is InChI=1S/C15H20BrN/c16-15-4-2-1-3-13(15)9-17-10-14-8-11-5-6-12(14)7-11/h1-4,11-12,14,17H,5-10H2. The molecular formula is C15H20BrN. The van der Waals surface area contributed by atoms with Crippen LogP contribution in [0.15, 0.2) is 28.7 Å². The summed E-state index contributed by atoms with van der Waals surface area (Å²) >= 11 is 3.60. The van der Waals surface area contributed by atoms with Gasteiger partial charge in [0.2, 0.25) is 0 Å². The van der Waals surface area contributed by atoms with Gasteiger partial charge in [0.1, 0.15) is 0 Å². The Bertz CT molecular complexity index is 390. The van der Waals surface area contributed by atoms with Gasteiger partial charge in [-0.05, 0) is 55.2 Å². The van der Waals surface area contributed by atoms with Crippen molar-refractivity contribution in [2.24, 2.45) is 17.8 Å². The zero-order valence-corrected chi connectivity index (χ0v) is 11.7. The largest absolute Gasteiger partial charge is 0.312 e. The summed E-state index contributed by atoms with van der Waals surface area (Å²) in [6, 6.07) is 8.50. The second kappa shape index (κ2) is 5.11. The first-order valence-electron chi connectivity index (χ1n) is 6.77. The molecule has 2 aliphatic rings. The monoisotopic (exact) mass is 293 g/mol. The normalized spacial score (nSPS) is 31.0. The van der Waals surface area contributed by atoms with Gasteiger partial charge in [0.15, 0.2) is 0 Å². The summed E-state index contributed by atoms with van der Waals surface area (Å²) in [4.78, 5) is 0. The van der Waals surface area contributed by atoms with Gasteiger partial charge in [-0.25, -0.2) is 0 Å². The van der Waals surface area contributed by atoms with E-state index in [4.69, 9.17) is 0 Å². The van der Waals surface area contributed by atoms with Gasteiger partial charge in [-0.2, -0.15) is 0 Å². The van der Waals surface area contributed by atoms with Crippen LogP contribution in [-0.2, 0) is 6.54 Å². The van der Waals surface area contributed by atoms with Crippen LogP contribution < -0.4 is 5.32 Å². The van der Waals surface area contributed by atoms with Crippen LogP contribution in [0.2, 0.25) is 0 Å². The smallest absolute Gasteiger partial charge is 0.0220 e. The van der Waals surface area contributed by atoms with Crippen molar-refractivity contribution < 1.29 is 0 Å². The Morgan fingerprint density at radius 1 is 1.18 bits per heavy atom. The molecule has 0 heterocycles. The van der Waals surface area contributed by atoms with E-state index < -0.39 is 0 Å². The van der Waals surface area contributed by atoms with Gasteiger partial charge in [0, 0.05) is 11.0 Å². The molecule has 2 aliphatic carbocycles. The van der Waals surface area contributed by atoms with Crippen molar-refractivity contribution in [2.45, 2.75) is 32.2 Å². The number of rotatable bonds is 4. The van der Waals surface area contributed by atoms with Gasteiger partial charge in [-0.1, -0.05) is 40.5 Å². The third kappa shape index (κ3) is 2.58. The van der Waals surface area contributed by atoms with E-state index in [-0.39, 0.29) is 0 Å². The maximum Gasteiger partial charge on any atom is 0.0220 e. The average Bonchev–Trinajstić information content (AvgIpc) is 2.94. The summed E-state index contributed by atoms with van der Waals surface area (Å²) in [6.45, 7) is 2.21. The highest BCUT2D eigenvalue weighted by Gasteiger charge is 2.38. The summed E-state index contributed by atoms with van der Waals surface area (Å²) in [5.41, 5.74) is 1.37. The average molecular weight is 294 g/mol. The van der Waals surface area contributed by atoms with Crippen LogP contribution in [0.25, 0.3) is 0 Å². The fraction of sp³-hybridized carbons (Fsp3) is 0.600. The van der Waals surface area contributed by atoms with Crippen molar-refractivity contribution in [1.29, 1.82) is 0 Å². The van der Waals surface area contributed by atoms with Crippen LogP contribution in [0.4, 0.5) is 0 Å². The van der Waals surface area contributed by atoms with Crippen LogP contribution in [0.5, 0.6) is 0 Å². The summed E-state index contributed by atoms with van der Waals surface area (Å²) in [5, 5.41) is 3.64. The van der Waals surface area contributed by atoms with Crippen molar-refractivity contribution in [3.8, 4) is 0 Å². The highest BCUT2D eigenvalue weighted by Crippen LogP contribution is 2.47. The van der Waals surface area contributed by atoms with E-state index in [1.54, 1.807) is 0 Å². The quantitative estimate of drug-likeness (QED) is 0.886. The Kier molecular flexibility index (Phi) is 3.53. The van der Waals surface area contributed by atoms with Crippen molar-refractivity contribution in [3.63, 3.8) is 0 Å². The molecule has 0 aromatic heterocycles. The SMILES string of the molecule is Brc1ccccc1CNCC1CC2CCC1C2. The number of benzene rings is 1. The van der Waals surface area contributed by atoms with Gasteiger partial charge < -0.3 is 5.32 Å². The first-order chi connectivity index (χ1) is 8.33. The summed E-state index contributed by atoms with van der Waals surface area (Å²) < 4.78 is 1.22. The molecule has 0 saturated heterocycles. The lowest BCUT2D eigenvalue weighted by molar-refractivity contribution is 0.318. The topological polar surface area (TPSA) is 12.0 Å². The summed E-state index contributed by atoms with van der Waals surface area (Å²) in [7, 11) is 0. The number of hydrogen-bond acceptors (Lipinski definition) is 1. The lowest BCUT2D eigenvalue weighted by atomic mass is 9.89. The molecular weight excluding hydrogens is 274 g/mol. The highest BCUT2D eigenvalue weighted by atomic mass is 79.9. The van der Waals surface area contributed by atoms with E-state index >= 15 is 0 Å². The van der Waals surface area contributed by atoms with Crippen LogP contribution in [0.1, 0.15) is 31.2 Å². The van der Waals surface area contributed by atoms with E-state index in [9.17, 15) is 0 Å². The van der Waals surface area contributed by atoms with Gasteiger partial charge in [-0.15, -0.1) is 0 Å². The number of halogens is 1. The number of nitrogens with one attached hydrogen (secondary N) is 1. The molecule has 2 fully saturated rings. The van der Waals surface area contributed by atoms with E-state index in [0.29, 0.717) is 0 Å². The molecule has 2 saturated carbocycles. The molecule has 0 radical (unpaired) electrons. The maximum absolute atomic E-state index is 3.64. The molecule has 1 nitrogen and oxygen atoms in total. The van der Waals surface area contributed by atoms with Crippen LogP contribution >= 0.6 is 15.9 Å². The Morgan fingerprint density at radius 2 is 2.06 bits per heavy atom. The van der Waals surface area contributed by atoms with E-state index in [1.807, 2.05) is 0 Å². The first kappa shape index (κ1) is 11.7. The molecule has 0 aliphatic heterocycles. The summed E-state index contributed by atoms with van der Waals surface area (Å²) in [6.07, 6.45) is 5.99. The predicted molar refractivity (Wildman–Crippen MR) is 74.8 cm³/mol. The van der Waals surface area contributed by atoms with Crippen molar-refractivity contribution >= 4 is 15.9 Å². The lowest BCUT2D eigenvalue weighted by Crippen LogP contribution is -2.26. The van der Waals surface area contributed by atoms with Gasteiger partial charge in [0.25, 0.3) is 0 Å². The zero-order chi connectivity index (χ0) is 11.7. The fourth-order valence-corrected chi connectivity index (χ4v) is 4.09. The van der Waals surface area contributed by atoms with E-state index in [2.05, 4.69) is 45.5 Å². The van der Waals surface area contributed by atoms with E-state index in [0.717, 1.165) is 24.3 Å². The molecule has 17 heavy (non-hydrogen) atoms. The summed E-state index contributed by atoms with van der Waals surface area (Å²) in [5.74, 6) is 3.05. The molecule has 0 spiro atoms. The molecule has 3 unspecified atom stereocenters. The minimum atomic E-state index is 0.955. The molecule has 3 rings (SSSR count). The van der Waals surface area contributed by atoms with Crippen molar-refractivity contribution in [3.05, 3.63) is 34.3 Å². The molecule has 92 valence electrons. The number of hydrogen-bond donors (Lipinski definition) is 1. The minimum absolute atomic E-state index is 0.955. The third-order valence-electron chi connectivity index (χ3n) is 4.56. The minimum Gasteiger partial charge on any atom is -0.312 e. The Labute approximate surface area is 112 Å². The Morgan fingerprint density at radius 3 is 2.76 bits per heavy atom. The predicted octanol–water partition coefficient (Wildman–Crippen LogP) is 3.97. The van der Waals surface area contributed by atoms with Crippen molar-refractivity contribution in [2.75, 3.05) is 6.54 Å². The number of fused-ring (bicyclic) bond motifs is 2. The second-order valence-corrected chi connectivity index (χ2v) is 6.51. The molecule has 3 atom stereocenters. The lowest BCUT2D eigenvalue weighted by Gasteiger charge is -2.22. The first-order valence-corrected chi connectivity index (χ1v) is 7.56. The second-order valence-electron chi connectivity index (χ2n) is 5.66. The molecule has 1 N–H and O–H groups in total. The van der Waals surface area contributed by atoms with Gasteiger partial charge in [0.05, 0.1) is 0 Å². The molecule has 2 bridgehead atoms. The highest BCUT2D eigenvalue weighted by molar-refractivity contribution is 9.10. The van der Waals surface area contributed by atoms with Gasteiger partial charge >= 0.3 is 0 Å². The van der Waals surface area contributed by atoms with Crippen molar-refractivity contribution in [1.82, 2.24) is 5.32 Å². The Balaban J connectivity index is 1.48. The van der Waals surface area contributed by atoms with Gasteiger partial charge in [-0.3, -0.25) is 0 Å². The third-order valence-corrected chi connectivity index (χ3v) is 5.34. The molecule has 1 aromatic carbocycles. The zero-order valence-electron chi connectivity index (χ0n) is 10.2.